The van der Waals surface area contributed by atoms with E-state index in [2.05, 4.69) is 25.0 Å². The van der Waals surface area contributed by atoms with E-state index in [4.69, 9.17) is 11.6 Å². The summed E-state index contributed by atoms with van der Waals surface area (Å²) in [5.74, 6) is 1.06. The van der Waals surface area contributed by atoms with E-state index in [9.17, 15) is 4.79 Å². The molecular formula is C22H24ClN5OS. The van der Waals surface area contributed by atoms with Gasteiger partial charge in [0.2, 0.25) is 5.91 Å². The number of piperidine rings is 1. The molecule has 0 spiro atoms. The van der Waals surface area contributed by atoms with E-state index in [0.717, 1.165) is 42.0 Å². The molecule has 2 heterocycles. The van der Waals surface area contributed by atoms with Crippen molar-refractivity contribution in [2.24, 2.45) is 0 Å². The van der Waals surface area contributed by atoms with Crippen molar-refractivity contribution in [1.82, 2.24) is 19.7 Å². The number of rotatable bonds is 7. The van der Waals surface area contributed by atoms with Crippen LogP contribution in [0.5, 0.6) is 0 Å². The van der Waals surface area contributed by atoms with Crippen molar-refractivity contribution in [2.75, 3.05) is 24.2 Å². The molecule has 1 fully saturated rings. The second kappa shape index (κ2) is 10.1. The molecule has 0 atom stereocenters. The van der Waals surface area contributed by atoms with Crippen LogP contribution in [-0.4, -0.2) is 44.4 Å². The predicted molar refractivity (Wildman–Crippen MR) is 121 cm³/mol. The van der Waals surface area contributed by atoms with E-state index in [0.29, 0.717) is 5.02 Å². The van der Waals surface area contributed by atoms with Gasteiger partial charge in [0.25, 0.3) is 0 Å². The molecule has 1 N–H and O–H groups in total. The lowest BCUT2D eigenvalue weighted by Crippen LogP contribution is -2.30. The fraction of sp³-hybridized carbons (Fsp3) is 0.318. The number of likely N-dealkylation sites (tertiary alicyclic amines) is 1. The van der Waals surface area contributed by atoms with Crippen LogP contribution in [0.3, 0.4) is 0 Å². The molecule has 1 saturated heterocycles. The number of aromatic nitrogens is 3. The van der Waals surface area contributed by atoms with E-state index < -0.39 is 0 Å². The maximum absolute atomic E-state index is 12.4. The van der Waals surface area contributed by atoms with Crippen LogP contribution in [0.1, 0.15) is 25.1 Å². The van der Waals surface area contributed by atoms with E-state index in [1.165, 1.54) is 31.0 Å². The summed E-state index contributed by atoms with van der Waals surface area (Å²) < 4.78 is 2.06. The molecule has 30 heavy (non-hydrogen) atoms. The molecule has 2 aromatic carbocycles. The number of halogens is 1. The van der Waals surface area contributed by atoms with Crippen molar-refractivity contribution in [1.29, 1.82) is 0 Å². The molecule has 1 aromatic heterocycles. The minimum absolute atomic E-state index is 0.0949. The van der Waals surface area contributed by atoms with Gasteiger partial charge in [0.05, 0.1) is 12.3 Å². The Hall–Kier alpha value is -2.35. The molecule has 1 aliphatic heterocycles. The minimum Gasteiger partial charge on any atom is -0.325 e. The summed E-state index contributed by atoms with van der Waals surface area (Å²) in [6, 6.07) is 17.2. The number of anilines is 1. The van der Waals surface area contributed by atoms with Gasteiger partial charge in [-0.1, -0.05) is 48.0 Å². The van der Waals surface area contributed by atoms with E-state index in [1.807, 2.05) is 30.3 Å². The second-order valence-electron chi connectivity index (χ2n) is 7.25. The highest BCUT2D eigenvalue weighted by atomic mass is 35.5. The first-order valence-corrected chi connectivity index (χ1v) is 11.5. The average Bonchev–Trinajstić information content (AvgIpc) is 3.17. The van der Waals surface area contributed by atoms with Gasteiger partial charge in [0.15, 0.2) is 11.0 Å². The van der Waals surface area contributed by atoms with Crippen LogP contribution in [0.4, 0.5) is 5.69 Å². The van der Waals surface area contributed by atoms with Gasteiger partial charge in [0.1, 0.15) is 0 Å². The van der Waals surface area contributed by atoms with Gasteiger partial charge in [0, 0.05) is 16.4 Å². The molecule has 1 amide bonds. The number of nitrogens with zero attached hydrogens (tertiary/aromatic N) is 4. The summed E-state index contributed by atoms with van der Waals surface area (Å²) >= 11 is 7.29. The number of thioether (sulfide) groups is 1. The molecule has 0 bridgehead atoms. The fourth-order valence-corrected chi connectivity index (χ4v) is 4.41. The standard InChI is InChI=1S/C22H24ClN5OS/c23-17-9-11-18(12-10-17)24-21(29)16-30-22-26-25-20(15-27-13-5-2-6-14-27)28(22)19-7-3-1-4-8-19/h1,3-4,7-12H,2,5-6,13-16H2,(H,24,29). The molecular weight excluding hydrogens is 418 g/mol. The molecule has 1 aliphatic rings. The average molecular weight is 442 g/mol. The van der Waals surface area contributed by atoms with Crippen molar-refractivity contribution in [2.45, 2.75) is 31.0 Å². The van der Waals surface area contributed by atoms with Crippen LogP contribution in [0, 0.1) is 0 Å². The van der Waals surface area contributed by atoms with Gasteiger partial charge in [-0.25, -0.2) is 0 Å². The highest BCUT2D eigenvalue weighted by molar-refractivity contribution is 7.99. The monoisotopic (exact) mass is 441 g/mol. The summed E-state index contributed by atoms with van der Waals surface area (Å²) in [6.07, 6.45) is 3.75. The Labute approximate surface area is 185 Å². The highest BCUT2D eigenvalue weighted by Crippen LogP contribution is 2.24. The highest BCUT2D eigenvalue weighted by Gasteiger charge is 2.19. The van der Waals surface area contributed by atoms with E-state index >= 15 is 0 Å². The maximum atomic E-state index is 12.4. The van der Waals surface area contributed by atoms with E-state index in [1.54, 1.807) is 24.3 Å². The van der Waals surface area contributed by atoms with Crippen molar-refractivity contribution >= 4 is 35.0 Å². The van der Waals surface area contributed by atoms with Crippen LogP contribution in [0.15, 0.2) is 59.8 Å². The van der Waals surface area contributed by atoms with Crippen LogP contribution < -0.4 is 5.32 Å². The van der Waals surface area contributed by atoms with Crippen LogP contribution in [0.2, 0.25) is 5.02 Å². The third-order valence-electron chi connectivity index (χ3n) is 4.99. The lowest BCUT2D eigenvalue weighted by molar-refractivity contribution is -0.113. The van der Waals surface area contributed by atoms with Crippen molar-refractivity contribution in [3.05, 3.63) is 65.4 Å². The number of amides is 1. The van der Waals surface area contributed by atoms with Gasteiger partial charge in [-0.3, -0.25) is 14.3 Å². The molecule has 6 nitrogen and oxygen atoms in total. The first-order valence-electron chi connectivity index (χ1n) is 10.1. The van der Waals surface area contributed by atoms with Crippen molar-refractivity contribution in [3.8, 4) is 5.69 Å². The summed E-state index contributed by atoms with van der Waals surface area (Å²) in [4.78, 5) is 14.8. The van der Waals surface area contributed by atoms with Crippen molar-refractivity contribution in [3.63, 3.8) is 0 Å². The molecule has 4 rings (SSSR count). The largest absolute Gasteiger partial charge is 0.325 e. The Morgan fingerprint density at radius 3 is 2.47 bits per heavy atom. The zero-order chi connectivity index (χ0) is 20.8. The van der Waals surface area contributed by atoms with E-state index in [-0.39, 0.29) is 11.7 Å². The number of hydrogen-bond donors (Lipinski definition) is 1. The van der Waals surface area contributed by atoms with Crippen LogP contribution >= 0.6 is 23.4 Å². The van der Waals surface area contributed by atoms with Crippen LogP contribution in [-0.2, 0) is 11.3 Å². The minimum atomic E-state index is -0.0949. The molecule has 3 aromatic rings. The Morgan fingerprint density at radius 1 is 1.00 bits per heavy atom. The summed E-state index contributed by atoms with van der Waals surface area (Å²) in [5.41, 5.74) is 1.73. The molecule has 0 radical (unpaired) electrons. The van der Waals surface area contributed by atoms with Gasteiger partial charge in [-0.15, -0.1) is 10.2 Å². The Balaban J connectivity index is 1.47. The predicted octanol–water partition coefficient (Wildman–Crippen LogP) is 4.64. The number of carbonyl (C=O) groups is 1. The maximum Gasteiger partial charge on any atom is 0.234 e. The number of benzene rings is 2. The molecule has 8 heteroatoms. The smallest absolute Gasteiger partial charge is 0.234 e. The molecule has 156 valence electrons. The van der Waals surface area contributed by atoms with Gasteiger partial charge in [-0.2, -0.15) is 0 Å². The van der Waals surface area contributed by atoms with Gasteiger partial charge < -0.3 is 5.32 Å². The first-order chi connectivity index (χ1) is 14.7. The normalized spacial score (nSPS) is 14.6. The zero-order valence-electron chi connectivity index (χ0n) is 16.6. The summed E-state index contributed by atoms with van der Waals surface area (Å²) in [6.45, 7) is 2.95. The Morgan fingerprint density at radius 2 is 1.73 bits per heavy atom. The summed E-state index contributed by atoms with van der Waals surface area (Å²) in [7, 11) is 0. The number of hydrogen-bond acceptors (Lipinski definition) is 5. The second-order valence-corrected chi connectivity index (χ2v) is 8.63. The number of nitrogens with one attached hydrogen (secondary N) is 1. The van der Waals surface area contributed by atoms with Crippen LogP contribution in [0.25, 0.3) is 5.69 Å². The molecule has 0 unspecified atom stereocenters. The first kappa shape index (κ1) is 20.9. The lowest BCUT2D eigenvalue weighted by Gasteiger charge is -2.26. The van der Waals surface area contributed by atoms with Crippen molar-refractivity contribution < 1.29 is 4.79 Å². The SMILES string of the molecule is O=C(CSc1nnc(CN2CCCCC2)n1-c1ccccc1)Nc1ccc(Cl)cc1. The molecule has 0 aliphatic carbocycles. The molecule has 0 saturated carbocycles. The summed E-state index contributed by atoms with van der Waals surface area (Å²) in [5, 5.41) is 13.1. The van der Waals surface area contributed by atoms with Gasteiger partial charge in [-0.05, 0) is 62.3 Å². The topological polar surface area (TPSA) is 63.1 Å². The Bertz CT molecular complexity index is 971. The fourth-order valence-electron chi connectivity index (χ4n) is 3.51. The quantitative estimate of drug-likeness (QED) is 0.541. The third-order valence-corrected chi connectivity index (χ3v) is 6.17. The van der Waals surface area contributed by atoms with Gasteiger partial charge >= 0.3 is 0 Å². The lowest BCUT2D eigenvalue weighted by atomic mass is 10.1. The zero-order valence-corrected chi connectivity index (χ0v) is 18.2. The Kier molecular flexibility index (Phi) is 7.04. The third kappa shape index (κ3) is 5.41. The number of para-hydroxylation sites is 1. The number of carbonyl (C=O) groups excluding carboxylic acids is 1.